The molecular formula is C23H29N3O4. The lowest BCUT2D eigenvalue weighted by Gasteiger charge is -2.18. The summed E-state index contributed by atoms with van der Waals surface area (Å²) >= 11 is 0. The zero-order valence-electron chi connectivity index (χ0n) is 17.3. The summed E-state index contributed by atoms with van der Waals surface area (Å²) in [6.45, 7) is -0.121. The van der Waals surface area contributed by atoms with Gasteiger partial charge in [0.25, 0.3) is 0 Å². The van der Waals surface area contributed by atoms with E-state index in [0.29, 0.717) is 6.42 Å². The van der Waals surface area contributed by atoms with Crippen LogP contribution in [0, 0.1) is 5.92 Å². The Morgan fingerprint density at radius 3 is 2.50 bits per heavy atom. The van der Waals surface area contributed by atoms with E-state index in [9.17, 15) is 14.4 Å². The van der Waals surface area contributed by atoms with Crippen LogP contribution >= 0.6 is 0 Å². The first-order chi connectivity index (χ1) is 14.5. The maximum Gasteiger partial charge on any atom is 0.244 e. The van der Waals surface area contributed by atoms with Crippen molar-refractivity contribution in [1.29, 1.82) is 0 Å². The minimum Gasteiger partial charge on any atom is -0.358 e. The van der Waals surface area contributed by atoms with E-state index in [1.54, 1.807) is 0 Å². The molecule has 2 aromatic rings. The second-order valence-electron chi connectivity index (χ2n) is 7.73. The Balaban J connectivity index is 1.66. The van der Waals surface area contributed by atoms with Gasteiger partial charge in [-0.1, -0.05) is 55.3 Å². The number of hydrogen-bond acceptors (Lipinski definition) is 4. The molecule has 1 unspecified atom stereocenters. The van der Waals surface area contributed by atoms with E-state index in [1.807, 2.05) is 42.5 Å². The maximum atomic E-state index is 12.7. The molecule has 3 rings (SSSR count). The summed E-state index contributed by atoms with van der Waals surface area (Å²) in [4.78, 5) is 42.1. The van der Waals surface area contributed by atoms with Crippen molar-refractivity contribution in [2.24, 2.45) is 5.92 Å². The van der Waals surface area contributed by atoms with Gasteiger partial charge < -0.3 is 10.6 Å². The van der Waals surface area contributed by atoms with Gasteiger partial charge in [-0.05, 0) is 35.6 Å². The van der Waals surface area contributed by atoms with Gasteiger partial charge in [-0.3, -0.25) is 19.2 Å². The molecule has 0 aliphatic heterocycles. The monoisotopic (exact) mass is 411 g/mol. The standard InChI is InChI=1S/C23H29N3O4/c1-24-22(28)15-25-23(29)19(14-21(27)26-30-20-8-4-5-9-20)13-16-10-11-17-6-2-3-7-18(17)12-16/h2-3,6-7,10-12,19-20H,4-5,8-9,13-15H2,1H3,(H,24,28)(H,25,29)(H,26,27). The molecule has 1 aliphatic rings. The Bertz CT molecular complexity index is 893. The summed E-state index contributed by atoms with van der Waals surface area (Å²) in [6, 6.07) is 14.0. The van der Waals surface area contributed by atoms with Gasteiger partial charge in [0.2, 0.25) is 17.7 Å². The Morgan fingerprint density at radius 1 is 1.03 bits per heavy atom. The molecule has 1 aliphatic carbocycles. The van der Waals surface area contributed by atoms with Gasteiger partial charge in [0.05, 0.1) is 18.6 Å². The number of carbonyl (C=O) groups excluding carboxylic acids is 3. The maximum absolute atomic E-state index is 12.7. The summed E-state index contributed by atoms with van der Waals surface area (Å²) in [5.41, 5.74) is 3.46. The molecule has 1 saturated carbocycles. The molecule has 0 radical (unpaired) electrons. The largest absolute Gasteiger partial charge is 0.358 e. The van der Waals surface area contributed by atoms with Gasteiger partial charge in [-0.15, -0.1) is 0 Å². The molecule has 3 amide bonds. The van der Waals surface area contributed by atoms with Crippen LogP contribution in [0.4, 0.5) is 0 Å². The second kappa shape index (κ2) is 10.7. The second-order valence-corrected chi connectivity index (χ2v) is 7.73. The van der Waals surface area contributed by atoms with Crippen LogP contribution in [0.1, 0.15) is 37.7 Å². The van der Waals surface area contributed by atoms with E-state index >= 15 is 0 Å². The number of nitrogens with one attached hydrogen (secondary N) is 3. The molecule has 30 heavy (non-hydrogen) atoms. The van der Waals surface area contributed by atoms with E-state index in [4.69, 9.17) is 4.84 Å². The molecule has 2 aromatic carbocycles. The van der Waals surface area contributed by atoms with Crippen molar-refractivity contribution in [1.82, 2.24) is 16.1 Å². The highest BCUT2D eigenvalue weighted by molar-refractivity contribution is 5.89. The van der Waals surface area contributed by atoms with Gasteiger partial charge in [0.1, 0.15) is 0 Å². The predicted molar refractivity (Wildman–Crippen MR) is 114 cm³/mol. The van der Waals surface area contributed by atoms with Gasteiger partial charge in [0.15, 0.2) is 0 Å². The Labute approximate surface area is 176 Å². The van der Waals surface area contributed by atoms with Crippen molar-refractivity contribution in [3.8, 4) is 0 Å². The van der Waals surface area contributed by atoms with Crippen LogP contribution in [0.15, 0.2) is 42.5 Å². The van der Waals surface area contributed by atoms with Gasteiger partial charge in [-0.2, -0.15) is 0 Å². The van der Waals surface area contributed by atoms with E-state index < -0.39 is 5.92 Å². The number of hydroxylamine groups is 1. The van der Waals surface area contributed by atoms with E-state index in [0.717, 1.165) is 42.0 Å². The van der Waals surface area contributed by atoms with Crippen molar-refractivity contribution in [3.63, 3.8) is 0 Å². The number of rotatable bonds is 9. The van der Waals surface area contributed by atoms with E-state index in [-0.39, 0.29) is 36.8 Å². The molecule has 7 nitrogen and oxygen atoms in total. The lowest BCUT2D eigenvalue weighted by atomic mass is 9.93. The fraction of sp³-hybridized carbons (Fsp3) is 0.435. The number of likely N-dealkylation sites (N-methyl/N-ethyl adjacent to an activating group) is 1. The van der Waals surface area contributed by atoms with Gasteiger partial charge in [0, 0.05) is 13.5 Å². The van der Waals surface area contributed by atoms with Crippen molar-refractivity contribution in [2.75, 3.05) is 13.6 Å². The van der Waals surface area contributed by atoms with Crippen molar-refractivity contribution in [2.45, 2.75) is 44.6 Å². The van der Waals surface area contributed by atoms with Crippen LogP contribution in [0.2, 0.25) is 0 Å². The number of fused-ring (bicyclic) bond motifs is 1. The zero-order chi connectivity index (χ0) is 21.3. The first-order valence-corrected chi connectivity index (χ1v) is 10.5. The zero-order valence-corrected chi connectivity index (χ0v) is 17.3. The van der Waals surface area contributed by atoms with Crippen molar-refractivity contribution in [3.05, 3.63) is 48.0 Å². The quantitative estimate of drug-likeness (QED) is 0.552. The third-order valence-corrected chi connectivity index (χ3v) is 5.44. The van der Waals surface area contributed by atoms with Crippen LogP contribution in [-0.2, 0) is 25.6 Å². The number of amides is 3. The Hall–Kier alpha value is -2.93. The predicted octanol–water partition coefficient (Wildman–Crippen LogP) is 2.24. The normalized spacial score (nSPS) is 15.0. The topological polar surface area (TPSA) is 96.5 Å². The summed E-state index contributed by atoms with van der Waals surface area (Å²) in [5, 5.41) is 7.28. The molecule has 0 aromatic heterocycles. The minimum absolute atomic E-state index is 0.0148. The smallest absolute Gasteiger partial charge is 0.244 e. The third kappa shape index (κ3) is 6.29. The summed E-state index contributed by atoms with van der Waals surface area (Å²) in [6.07, 6.45) is 4.51. The molecule has 0 bridgehead atoms. The van der Waals surface area contributed by atoms with Crippen molar-refractivity contribution >= 4 is 28.5 Å². The van der Waals surface area contributed by atoms with Crippen LogP contribution in [0.25, 0.3) is 10.8 Å². The highest BCUT2D eigenvalue weighted by Crippen LogP contribution is 2.21. The third-order valence-electron chi connectivity index (χ3n) is 5.44. The van der Waals surface area contributed by atoms with E-state index in [2.05, 4.69) is 16.1 Å². The summed E-state index contributed by atoms with van der Waals surface area (Å²) in [7, 11) is 1.51. The van der Waals surface area contributed by atoms with Gasteiger partial charge >= 0.3 is 0 Å². The summed E-state index contributed by atoms with van der Waals surface area (Å²) in [5.74, 6) is -1.56. The first-order valence-electron chi connectivity index (χ1n) is 10.5. The Morgan fingerprint density at radius 2 is 1.77 bits per heavy atom. The number of benzene rings is 2. The van der Waals surface area contributed by atoms with Crippen LogP contribution in [0.3, 0.4) is 0 Å². The number of hydrogen-bond donors (Lipinski definition) is 3. The molecule has 0 heterocycles. The average Bonchev–Trinajstić information content (AvgIpc) is 3.29. The Kier molecular flexibility index (Phi) is 7.79. The lowest BCUT2D eigenvalue weighted by molar-refractivity contribution is -0.141. The SMILES string of the molecule is CNC(=O)CNC(=O)C(CC(=O)NOC1CCCC1)Cc1ccc2ccccc2c1. The fourth-order valence-electron chi connectivity index (χ4n) is 3.73. The highest BCUT2D eigenvalue weighted by Gasteiger charge is 2.24. The van der Waals surface area contributed by atoms with Crippen LogP contribution in [0.5, 0.6) is 0 Å². The highest BCUT2D eigenvalue weighted by atomic mass is 16.7. The van der Waals surface area contributed by atoms with Crippen LogP contribution in [-0.4, -0.2) is 37.4 Å². The molecule has 1 fully saturated rings. The average molecular weight is 412 g/mol. The molecule has 0 saturated heterocycles. The van der Waals surface area contributed by atoms with Crippen LogP contribution < -0.4 is 16.1 Å². The lowest BCUT2D eigenvalue weighted by Crippen LogP contribution is -2.41. The molecule has 3 N–H and O–H groups in total. The van der Waals surface area contributed by atoms with Gasteiger partial charge in [-0.25, -0.2) is 5.48 Å². The number of carbonyl (C=O) groups is 3. The molecule has 7 heteroatoms. The molecular weight excluding hydrogens is 382 g/mol. The van der Waals surface area contributed by atoms with Crippen molar-refractivity contribution < 1.29 is 19.2 Å². The summed E-state index contributed by atoms with van der Waals surface area (Å²) < 4.78 is 0. The fourth-order valence-corrected chi connectivity index (χ4v) is 3.73. The first kappa shape index (κ1) is 21.8. The molecule has 1 atom stereocenters. The minimum atomic E-state index is -0.608. The molecule has 0 spiro atoms. The van der Waals surface area contributed by atoms with E-state index in [1.165, 1.54) is 7.05 Å². The molecule has 160 valence electrons.